The van der Waals surface area contributed by atoms with E-state index >= 15 is 0 Å². The van der Waals surface area contributed by atoms with Gasteiger partial charge in [-0.25, -0.2) is 13.1 Å². The summed E-state index contributed by atoms with van der Waals surface area (Å²) < 4.78 is 33.6. The van der Waals surface area contributed by atoms with Crippen molar-refractivity contribution in [3.05, 3.63) is 36.4 Å². The van der Waals surface area contributed by atoms with Crippen LogP contribution in [-0.4, -0.2) is 28.1 Å². The van der Waals surface area contributed by atoms with Crippen LogP contribution in [0.25, 0.3) is 10.8 Å². The van der Waals surface area contributed by atoms with E-state index in [9.17, 15) is 8.42 Å². The standard InChI is InChI=1S/C17H24N2O3S/c1-12(2)10-13(11-18)19-23(20,21)17-9-8-16(22-3)14-6-4-5-7-15(14)17/h4-9,12-13,19H,10-11,18H2,1-3H3. The second-order valence-electron chi connectivity index (χ2n) is 6.00. The molecule has 0 saturated heterocycles. The highest BCUT2D eigenvalue weighted by Crippen LogP contribution is 2.30. The van der Waals surface area contributed by atoms with E-state index in [-0.39, 0.29) is 17.5 Å². The zero-order chi connectivity index (χ0) is 17.0. The molecule has 1 atom stereocenters. The van der Waals surface area contributed by atoms with Crippen molar-refractivity contribution in [1.82, 2.24) is 4.72 Å². The van der Waals surface area contributed by atoms with E-state index in [1.165, 1.54) is 0 Å². The van der Waals surface area contributed by atoms with Gasteiger partial charge in [-0.05, 0) is 24.5 Å². The topological polar surface area (TPSA) is 81.4 Å². The van der Waals surface area contributed by atoms with Crippen LogP contribution >= 0.6 is 0 Å². The summed E-state index contributed by atoms with van der Waals surface area (Å²) in [6.07, 6.45) is 0.698. The number of fused-ring (bicyclic) bond motifs is 1. The van der Waals surface area contributed by atoms with E-state index < -0.39 is 10.0 Å². The largest absolute Gasteiger partial charge is 0.496 e. The lowest BCUT2D eigenvalue weighted by molar-refractivity contribution is 0.419. The van der Waals surface area contributed by atoms with E-state index in [1.807, 2.05) is 32.0 Å². The molecule has 0 aliphatic heterocycles. The summed E-state index contributed by atoms with van der Waals surface area (Å²) in [5.41, 5.74) is 5.72. The van der Waals surface area contributed by atoms with Crippen molar-refractivity contribution in [2.45, 2.75) is 31.2 Å². The molecule has 2 rings (SSSR count). The predicted molar refractivity (Wildman–Crippen MR) is 93.1 cm³/mol. The maximum absolute atomic E-state index is 12.8. The number of ether oxygens (including phenoxy) is 1. The normalized spacial score (nSPS) is 13.4. The molecule has 126 valence electrons. The van der Waals surface area contributed by atoms with E-state index in [0.29, 0.717) is 23.5 Å². The highest BCUT2D eigenvalue weighted by Gasteiger charge is 2.22. The number of sulfonamides is 1. The average Bonchev–Trinajstić information content (AvgIpc) is 2.52. The first-order valence-corrected chi connectivity index (χ1v) is 9.15. The minimum Gasteiger partial charge on any atom is -0.496 e. The van der Waals surface area contributed by atoms with Gasteiger partial charge in [0, 0.05) is 23.4 Å². The summed E-state index contributed by atoms with van der Waals surface area (Å²) >= 11 is 0. The molecule has 3 N–H and O–H groups in total. The number of rotatable bonds is 7. The predicted octanol–water partition coefficient (Wildman–Crippen LogP) is 2.50. The van der Waals surface area contributed by atoms with Crippen LogP contribution in [0.3, 0.4) is 0 Å². The van der Waals surface area contributed by atoms with Gasteiger partial charge in [-0.2, -0.15) is 0 Å². The van der Waals surface area contributed by atoms with Gasteiger partial charge in [0.2, 0.25) is 10.0 Å². The minimum absolute atomic E-state index is 0.246. The van der Waals surface area contributed by atoms with Gasteiger partial charge in [0.25, 0.3) is 0 Å². The zero-order valence-corrected chi connectivity index (χ0v) is 14.6. The Kier molecular flexibility index (Phi) is 5.62. The molecule has 0 spiro atoms. The first-order valence-electron chi connectivity index (χ1n) is 7.67. The molecule has 0 aliphatic rings. The van der Waals surface area contributed by atoms with Gasteiger partial charge in [-0.15, -0.1) is 0 Å². The molecule has 0 saturated carbocycles. The van der Waals surface area contributed by atoms with Gasteiger partial charge in [0.15, 0.2) is 0 Å². The molecule has 6 heteroatoms. The Morgan fingerprint density at radius 2 is 1.78 bits per heavy atom. The molecule has 0 bridgehead atoms. The summed E-state index contributed by atoms with van der Waals surface area (Å²) in [7, 11) is -2.08. The maximum Gasteiger partial charge on any atom is 0.241 e. The second-order valence-corrected chi connectivity index (χ2v) is 7.68. The first kappa shape index (κ1) is 17.7. The molecule has 0 radical (unpaired) electrons. The molecule has 5 nitrogen and oxygen atoms in total. The smallest absolute Gasteiger partial charge is 0.241 e. The fraction of sp³-hybridized carbons (Fsp3) is 0.412. The minimum atomic E-state index is -3.65. The molecule has 1 unspecified atom stereocenters. The number of nitrogens with two attached hydrogens (primary N) is 1. The SMILES string of the molecule is COc1ccc(S(=O)(=O)NC(CN)CC(C)C)c2ccccc12. The Bertz CT molecular complexity index is 773. The molecule has 0 aromatic heterocycles. The summed E-state index contributed by atoms with van der Waals surface area (Å²) in [5, 5.41) is 1.41. The van der Waals surface area contributed by atoms with E-state index in [1.54, 1.807) is 25.3 Å². The summed E-state index contributed by atoms with van der Waals surface area (Å²) in [4.78, 5) is 0.246. The van der Waals surface area contributed by atoms with Crippen LogP contribution < -0.4 is 15.2 Å². The average molecular weight is 336 g/mol. The Morgan fingerprint density at radius 1 is 1.13 bits per heavy atom. The van der Waals surface area contributed by atoms with Gasteiger partial charge < -0.3 is 10.5 Å². The monoisotopic (exact) mass is 336 g/mol. The van der Waals surface area contributed by atoms with Gasteiger partial charge in [-0.1, -0.05) is 38.1 Å². The number of hydrogen-bond donors (Lipinski definition) is 2. The van der Waals surface area contributed by atoms with Crippen molar-refractivity contribution < 1.29 is 13.2 Å². The van der Waals surface area contributed by atoms with Crippen molar-refractivity contribution in [2.75, 3.05) is 13.7 Å². The Morgan fingerprint density at radius 3 is 2.35 bits per heavy atom. The lowest BCUT2D eigenvalue weighted by atomic mass is 10.1. The molecule has 23 heavy (non-hydrogen) atoms. The lowest BCUT2D eigenvalue weighted by Gasteiger charge is -2.20. The van der Waals surface area contributed by atoms with Crippen molar-refractivity contribution in [3.8, 4) is 5.75 Å². The second kappa shape index (κ2) is 7.29. The quantitative estimate of drug-likeness (QED) is 0.814. The summed E-state index contributed by atoms with van der Waals surface area (Å²) in [6, 6.07) is 10.3. The highest BCUT2D eigenvalue weighted by molar-refractivity contribution is 7.89. The van der Waals surface area contributed by atoms with Crippen LogP contribution in [0.4, 0.5) is 0 Å². The molecular formula is C17H24N2O3S. The third-order valence-corrected chi connectivity index (χ3v) is 5.29. The van der Waals surface area contributed by atoms with Crippen molar-refractivity contribution in [2.24, 2.45) is 11.7 Å². The molecule has 0 amide bonds. The molecule has 0 aliphatic carbocycles. The maximum atomic E-state index is 12.8. The van der Waals surface area contributed by atoms with Crippen LogP contribution in [0, 0.1) is 5.92 Å². The number of hydrogen-bond acceptors (Lipinski definition) is 4. The third kappa shape index (κ3) is 4.02. The molecule has 0 heterocycles. The van der Waals surface area contributed by atoms with Crippen molar-refractivity contribution in [3.63, 3.8) is 0 Å². The van der Waals surface area contributed by atoms with Crippen LogP contribution in [-0.2, 0) is 10.0 Å². The van der Waals surface area contributed by atoms with E-state index in [2.05, 4.69) is 4.72 Å². The Labute approximate surface area is 137 Å². The molecule has 2 aromatic rings. The summed E-state index contributed by atoms with van der Waals surface area (Å²) in [5.74, 6) is 1.01. The molecular weight excluding hydrogens is 312 g/mol. The zero-order valence-electron chi connectivity index (χ0n) is 13.7. The lowest BCUT2D eigenvalue weighted by Crippen LogP contribution is -2.41. The highest BCUT2D eigenvalue weighted by atomic mass is 32.2. The van der Waals surface area contributed by atoms with E-state index in [0.717, 1.165) is 5.39 Å². The fourth-order valence-electron chi connectivity index (χ4n) is 2.70. The molecule has 0 fully saturated rings. The Balaban J connectivity index is 2.46. The van der Waals surface area contributed by atoms with Crippen molar-refractivity contribution in [1.29, 1.82) is 0 Å². The fourth-order valence-corrected chi connectivity index (χ4v) is 4.17. The van der Waals surface area contributed by atoms with Gasteiger partial charge in [-0.3, -0.25) is 0 Å². The summed E-state index contributed by atoms with van der Waals surface area (Å²) in [6.45, 7) is 4.35. The van der Waals surface area contributed by atoms with Gasteiger partial charge >= 0.3 is 0 Å². The van der Waals surface area contributed by atoms with Crippen LogP contribution in [0.5, 0.6) is 5.75 Å². The van der Waals surface area contributed by atoms with Gasteiger partial charge in [0.1, 0.15) is 5.75 Å². The Hall–Kier alpha value is -1.63. The van der Waals surface area contributed by atoms with E-state index in [4.69, 9.17) is 10.5 Å². The van der Waals surface area contributed by atoms with Gasteiger partial charge in [0.05, 0.1) is 12.0 Å². The molecule has 2 aromatic carbocycles. The number of benzene rings is 2. The van der Waals surface area contributed by atoms with Crippen molar-refractivity contribution >= 4 is 20.8 Å². The third-order valence-electron chi connectivity index (χ3n) is 3.72. The number of nitrogens with one attached hydrogen (secondary N) is 1. The first-order chi connectivity index (χ1) is 10.9. The van der Waals surface area contributed by atoms with Crippen LogP contribution in [0.1, 0.15) is 20.3 Å². The number of methoxy groups -OCH3 is 1. The van der Waals surface area contributed by atoms with Crippen LogP contribution in [0.15, 0.2) is 41.3 Å². The van der Waals surface area contributed by atoms with Crippen LogP contribution in [0.2, 0.25) is 0 Å².